The lowest BCUT2D eigenvalue weighted by atomic mass is 10.1. The second-order valence-corrected chi connectivity index (χ2v) is 3.85. The largest absolute Gasteiger partial charge is 0.377 e. The number of nitrogens with zero attached hydrogens (tertiary/aromatic N) is 2. The SMILES string of the molecule is C[C@H]1COC[C@H](C)N1c1cccnc1. The third-order valence-electron chi connectivity index (χ3n) is 2.61. The summed E-state index contributed by atoms with van der Waals surface area (Å²) in [5.74, 6) is 0. The molecule has 1 aromatic rings. The highest BCUT2D eigenvalue weighted by molar-refractivity contribution is 5.46. The standard InChI is InChI=1S/C11H16N2O/c1-9-7-14-8-10(2)13(9)11-4-3-5-12-6-11/h3-6,9-10H,7-8H2,1-2H3/t9-,10-/m0/s1. The van der Waals surface area contributed by atoms with Crippen LogP contribution in [0.15, 0.2) is 24.5 Å². The van der Waals surface area contributed by atoms with E-state index in [1.165, 1.54) is 5.69 Å². The fourth-order valence-electron chi connectivity index (χ4n) is 2.02. The summed E-state index contributed by atoms with van der Waals surface area (Å²) in [4.78, 5) is 6.52. The van der Waals surface area contributed by atoms with Crippen molar-refractivity contribution in [2.75, 3.05) is 18.1 Å². The minimum Gasteiger partial charge on any atom is -0.377 e. The first-order chi connectivity index (χ1) is 6.79. The van der Waals surface area contributed by atoms with Crippen molar-refractivity contribution in [1.82, 2.24) is 4.98 Å². The molecule has 0 bridgehead atoms. The lowest BCUT2D eigenvalue weighted by Gasteiger charge is -2.40. The number of rotatable bonds is 1. The molecule has 3 heteroatoms. The lowest BCUT2D eigenvalue weighted by molar-refractivity contribution is 0.0756. The van der Waals surface area contributed by atoms with Gasteiger partial charge in [0.1, 0.15) is 0 Å². The van der Waals surface area contributed by atoms with Crippen LogP contribution < -0.4 is 4.90 Å². The van der Waals surface area contributed by atoms with Gasteiger partial charge in [-0.15, -0.1) is 0 Å². The third-order valence-corrected chi connectivity index (χ3v) is 2.61. The van der Waals surface area contributed by atoms with Gasteiger partial charge in [0.15, 0.2) is 0 Å². The van der Waals surface area contributed by atoms with Crippen LogP contribution in [-0.4, -0.2) is 30.3 Å². The van der Waals surface area contributed by atoms with Gasteiger partial charge < -0.3 is 9.64 Å². The predicted octanol–water partition coefficient (Wildman–Crippen LogP) is 1.70. The van der Waals surface area contributed by atoms with Gasteiger partial charge in [-0.05, 0) is 26.0 Å². The van der Waals surface area contributed by atoms with Gasteiger partial charge in [0.25, 0.3) is 0 Å². The van der Waals surface area contributed by atoms with Gasteiger partial charge in [0.2, 0.25) is 0 Å². The van der Waals surface area contributed by atoms with Crippen LogP contribution in [0.3, 0.4) is 0 Å². The number of ether oxygens (including phenoxy) is 1. The molecule has 1 aromatic heterocycles. The van der Waals surface area contributed by atoms with Crippen LogP contribution in [0.1, 0.15) is 13.8 Å². The molecule has 2 heterocycles. The van der Waals surface area contributed by atoms with E-state index in [1.54, 1.807) is 6.20 Å². The molecular formula is C11H16N2O. The van der Waals surface area contributed by atoms with Crippen molar-refractivity contribution in [3.8, 4) is 0 Å². The number of anilines is 1. The van der Waals surface area contributed by atoms with E-state index < -0.39 is 0 Å². The van der Waals surface area contributed by atoms with Crippen LogP contribution in [0, 0.1) is 0 Å². The zero-order valence-corrected chi connectivity index (χ0v) is 8.68. The molecule has 0 unspecified atom stereocenters. The summed E-state index contributed by atoms with van der Waals surface area (Å²) in [5.41, 5.74) is 1.19. The van der Waals surface area contributed by atoms with Gasteiger partial charge in [0, 0.05) is 18.3 Å². The molecule has 1 aliphatic rings. The molecule has 1 saturated heterocycles. The van der Waals surface area contributed by atoms with Crippen molar-refractivity contribution in [3.05, 3.63) is 24.5 Å². The van der Waals surface area contributed by atoms with E-state index in [0.29, 0.717) is 12.1 Å². The van der Waals surface area contributed by atoms with Gasteiger partial charge in [-0.1, -0.05) is 0 Å². The number of hydrogen-bond acceptors (Lipinski definition) is 3. The monoisotopic (exact) mass is 192 g/mol. The topological polar surface area (TPSA) is 25.4 Å². The van der Waals surface area contributed by atoms with Crippen LogP contribution in [-0.2, 0) is 4.74 Å². The molecule has 0 spiro atoms. The van der Waals surface area contributed by atoms with E-state index in [1.807, 2.05) is 12.3 Å². The number of hydrogen-bond donors (Lipinski definition) is 0. The molecule has 0 aliphatic carbocycles. The number of pyridine rings is 1. The summed E-state index contributed by atoms with van der Waals surface area (Å²) in [5, 5.41) is 0. The fraction of sp³-hybridized carbons (Fsp3) is 0.545. The highest BCUT2D eigenvalue weighted by Crippen LogP contribution is 2.21. The molecular weight excluding hydrogens is 176 g/mol. The van der Waals surface area contributed by atoms with Gasteiger partial charge >= 0.3 is 0 Å². The Hall–Kier alpha value is -1.09. The molecule has 0 saturated carbocycles. The summed E-state index contributed by atoms with van der Waals surface area (Å²) < 4.78 is 5.48. The zero-order chi connectivity index (χ0) is 9.97. The van der Waals surface area contributed by atoms with Crippen molar-refractivity contribution in [2.45, 2.75) is 25.9 Å². The summed E-state index contributed by atoms with van der Waals surface area (Å²) in [6.45, 7) is 5.98. The van der Waals surface area contributed by atoms with E-state index in [9.17, 15) is 0 Å². The maximum absolute atomic E-state index is 5.48. The second kappa shape index (κ2) is 3.96. The molecule has 0 amide bonds. The van der Waals surface area contributed by atoms with E-state index >= 15 is 0 Å². The van der Waals surface area contributed by atoms with Crippen LogP contribution in [0.5, 0.6) is 0 Å². The number of aromatic nitrogens is 1. The van der Waals surface area contributed by atoms with Crippen molar-refractivity contribution < 1.29 is 4.74 Å². The molecule has 2 atom stereocenters. The van der Waals surface area contributed by atoms with E-state index in [4.69, 9.17) is 4.74 Å². The molecule has 0 aromatic carbocycles. The van der Waals surface area contributed by atoms with Crippen molar-refractivity contribution in [3.63, 3.8) is 0 Å². The normalized spacial score (nSPS) is 27.7. The summed E-state index contributed by atoms with van der Waals surface area (Å²) >= 11 is 0. The maximum Gasteiger partial charge on any atom is 0.0668 e. The average molecular weight is 192 g/mol. The van der Waals surface area contributed by atoms with Crippen molar-refractivity contribution >= 4 is 5.69 Å². The first kappa shape index (κ1) is 9.46. The lowest BCUT2D eigenvalue weighted by Crippen LogP contribution is -2.49. The quantitative estimate of drug-likeness (QED) is 0.677. The maximum atomic E-state index is 5.48. The first-order valence-electron chi connectivity index (χ1n) is 5.05. The molecule has 1 aliphatic heterocycles. The van der Waals surface area contributed by atoms with Crippen LogP contribution >= 0.6 is 0 Å². The van der Waals surface area contributed by atoms with Crippen LogP contribution in [0.25, 0.3) is 0 Å². The predicted molar refractivity (Wildman–Crippen MR) is 56.5 cm³/mol. The van der Waals surface area contributed by atoms with Gasteiger partial charge in [-0.2, -0.15) is 0 Å². The van der Waals surface area contributed by atoms with E-state index in [0.717, 1.165) is 13.2 Å². The molecule has 0 N–H and O–H groups in total. The Kier molecular flexibility index (Phi) is 2.68. The van der Waals surface area contributed by atoms with Gasteiger partial charge in [0.05, 0.1) is 25.1 Å². The van der Waals surface area contributed by atoms with Gasteiger partial charge in [-0.3, -0.25) is 4.98 Å². The smallest absolute Gasteiger partial charge is 0.0668 e. The van der Waals surface area contributed by atoms with E-state index in [2.05, 4.69) is 29.8 Å². The van der Waals surface area contributed by atoms with E-state index in [-0.39, 0.29) is 0 Å². The first-order valence-corrected chi connectivity index (χ1v) is 5.05. The highest BCUT2D eigenvalue weighted by Gasteiger charge is 2.25. The number of morpholine rings is 1. The summed E-state index contributed by atoms with van der Waals surface area (Å²) in [6, 6.07) is 4.95. The minimum atomic E-state index is 0.433. The van der Waals surface area contributed by atoms with Gasteiger partial charge in [-0.25, -0.2) is 0 Å². The second-order valence-electron chi connectivity index (χ2n) is 3.85. The molecule has 3 nitrogen and oxygen atoms in total. The Balaban J connectivity index is 2.23. The van der Waals surface area contributed by atoms with Crippen LogP contribution in [0.4, 0.5) is 5.69 Å². The summed E-state index contributed by atoms with van der Waals surface area (Å²) in [6.07, 6.45) is 3.72. The minimum absolute atomic E-state index is 0.433. The Labute approximate surface area is 84.7 Å². The average Bonchev–Trinajstić information content (AvgIpc) is 2.19. The molecule has 2 rings (SSSR count). The van der Waals surface area contributed by atoms with Crippen molar-refractivity contribution in [2.24, 2.45) is 0 Å². The molecule has 0 radical (unpaired) electrons. The zero-order valence-electron chi connectivity index (χ0n) is 8.68. The Morgan fingerprint density at radius 2 is 2.07 bits per heavy atom. The molecule has 14 heavy (non-hydrogen) atoms. The molecule has 1 fully saturated rings. The van der Waals surface area contributed by atoms with Crippen molar-refractivity contribution in [1.29, 1.82) is 0 Å². The third kappa shape index (κ3) is 1.73. The molecule has 76 valence electrons. The van der Waals surface area contributed by atoms with Crippen LogP contribution in [0.2, 0.25) is 0 Å². The Morgan fingerprint density at radius 1 is 1.36 bits per heavy atom. The Morgan fingerprint density at radius 3 is 2.64 bits per heavy atom. The summed E-state index contributed by atoms with van der Waals surface area (Å²) in [7, 11) is 0. The highest BCUT2D eigenvalue weighted by atomic mass is 16.5. The fourth-order valence-corrected chi connectivity index (χ4v) is 2.02. The Bertz CT molecular complexity index is 279.